The van der Waals surface area contributed by atoms with Crippen LogP contribution in [0.3, 0.4) is 0 Å². The second-order valence-electron chi connectivity index (χ2n) is 11.9. The molecule has 0 aliphatic carbocycles. The third-order valence-corrected chi connectivity index (χ3v) is 8.57. The molecule has 3 aromatic carbocycles. The highest BCUT2D eigenvalue weighted by atomic mass is 19.1. The molecule has 11 nitrogen and oxygen atoms in total. The molecule has 0 saturated carbocycles. The zero-order chi connectivity index (χ0) is 32.9. The molecule has 4 aromatic rings. The van der Waals surface area contributed by atoms with Crippen molar-refractivity contribution >= 4 is 45.9 Å². The molecule has 0 radical (unpaired) electrons. The van der Waals surface area contributed by atoms with E-state index in [0.717, 1.165) is 30.2 Å². The Kier molecular flexibility index (Phi) is 9.62. The van der Waals surface area contributed by atoms with Gasteiger partial charge in [0.1, 0.15) is 11.6 Å². The number of benzene rings is 3. The number of aromatic amines is 1. The Hall–Kier alpha value is -5.04. The van der Waals surface area contributed by atoms with Gasteiger partial charge in [0, 0.05) is 74.7 Å². The number of H-pyrrole nitrogens is 1. The van der Waals surface area contributed by atoms with E-state index in [1.807, 2.05) is 30.3 Å². The fourth-order valence-corrected chi connectivity index (χ4v) is 6.08. The van der Waals surface area contributed by atoms with E-state index in [2.05, 4.69) is 25.7 Å². The smallest absolute Gasteiger partial charge is 0.303 e. The number of halogens is 2. The number of fused-ring (bicyclic) bond motifs is 1. The first-order chi connectivity index (χ1) is 22.7. The summed E-state index contributed by atoms with van der Waals surface area (Å²) in [6.07, 6.45) is 1.69. The van der Waals surface area contributed by atoms with E-state index in [4.69, 9.17) is 9.84 Å². The Labute approximate surface area is 269 Å². The Bertz CT molecular complexity index is 1760. The molecule has 0 atom stereocenters. The van der Waals surface area contributed by atoms with Gasteiger partial charge in [-0.2, -0.15) is 5.10 Å². The van der Waals surface area contributed by atoms with Gasteiger partial charge in [-0.1, -0.05) is 6.07 Å². The zero-order valence-electron chi connectivity index (χ0n) is 25.7. The first-order valence-corrected chi connectivity index (χ1v) is 15.7. The standard InChI is InChI=1S/C34H36F2N6O5/c35-23-16-22(17-24(36)19-23)15-21-1-4-29-28(18-21)33(40-39-29)38-34(46)27-3-2-26(20-30(27)37-25-7-13-47-14-8-25)41-9-11-42(12-10-41)31(43)5-6-32(44)45/h1-4,16-20,25,37H,5-15H2,(H,44,45)(H2,38,39,40,46). The highest BCUT2D eigenvalue weighted by molar-refractivity contribution is 6.11. The molecule has 2 fully saturated rings. The van der Waals surface area contributed by atoms with E-state index < -0.39 is 17.6 Å². The number of anilines is 3. The molecule has 47 heavy (non-hydrogen) atoms. The van der Waals surface area contributed by atoms with Crippen LogP contribution in [0.2, 0.25) is 0 Å². The number of carbonyl (C=O) groups excluding carboxylic acids is 2. The quantitative estimate of drug-likeness (QED) is 0.193. The number of hydrogen-bond donors (Lipinski definition) is 4. The second kappa shape index (κ2) is 14.2. The van der Waals surface area contributed by atoms with Crippen molar-refractivity contribution in [1.29, 1.82) is 0 Å². The van der Waals surface area contributed by atoms with Crippen molar-refractivity contribution in [3.05, 3.63) is 82.9 Å². The summed E-state index contributed by atoms with van der Waals surface area (Å²) < 4.78 is 33.0. The molecule has 0 unspecified atom stereocenters. The van der Waals surface area contributed by atoms with Gasteiger partial charge >= 0.3 is 5.97 Å². The van der Waals surface area contributed by atoms with E-state index in [0.29, 0.717) is 79.3 Å². The Morgan fingerprint density at radius 1 is 0.915 bits per heavy atom. The summed E-state index contributed by atoms with van der Waals surface area (Å²) in [7, 11) is 0. The van der Waals surface area contributed by atoms with Crippen molar-refractivity contribution in [2.75, 3.05) is 54.9 Å². The molecular formula is C34H36F2N6O5. The minimum Gasteiger partial charge on any atom is -0.481 e. The fraction of sp³-hybridized carbons (Fsp3) is 0.353. The Balaban J connectivity index is 1.20. The number of nitrogens with one attached hydrogen (secondary N) is 3. The van der Waals surface area contributed by atoms with Gasteiger partial charge < -0.3 is 30.3 Å². The maximum Gasteiger partial charge on any atom is 0.303 e. The number of aliphatic carboxylic acids is 1. The van der Waals surface area contributed by atoms with Crippen LogP contribution in [0.15, 0.2) is 54.6 Å². The maximum absolute atomic E-state index is 13.8. The minimum atomic E-state index is -0.991. The summed E-state index contributed by atoms with van der Waals surface area (Å²) >= 11 is 0. The number of carbonyl (C=O) groups is 3. The van der Waals surface area contributed by atoms with Crippen molar-refractivity contribution < 1.29 is 33.0 Å². The first kappa shape index (κ1) is 31.9. The van der Waals surface area contributed by atoms with E-state index in [9.17, 15) is 23.2 Å². The van der Waals surface area contributed by atoms with Crippen LogP contribution in [0.5, 0.6) is 0 Å². The summed E-state index contributed by atoms with van der Waals surface area (Å²) in [5.41, 5.74) is 3.99. The second-order valence-corrected chi connectivity index (χ2v) is 11.9. The van der Waals surface area contributed by atoms with Crippen LogP contribution in [0.4, 0.5) is 26.0 Å². The van der Waals surface area contributed by atoms with Gasteiger partial charge in [-0.05, 0) is 72.9 Å². The third kappa shape index (κ3) is 7.86. The lowest BCUT2D eigenvalue weighted by atomic mass is 10.0. The van der Waals surface area contributed by atoms with Gasteiger partial charge in [0.15, 0.2) is 5.82 Å². The van der Waals surface area contributed by atoms with Crippen molar-refractivity contribution in [3.63, 3.8) is 0 Å². The monoisotopic (exact) mass is 646 g/mol. The van der Waals surface area contributed by atoms with Gasteiger partial charge in [-0.15, -0.1) is 0 Å². The summed E-state index contributed by atoms with van der Waals surface area (Å²) in [6.45, 7) is 3.36. The number of carboxylic acid groups (broad SMARTS) is 1. The molecule has 246 valence electrons. The largest absolute Gasteiger partial charge is 0.481 e. The predicted octanol–water partition coefficient (Wildman–Crippen LogP) is 4.79. The van der Waals surface area contributed by atoms with Crippen molar-refractivity contribution in [2.24, 2.45) is 0 Å². The molecule has 1 aromatic heterocycles. The maximum atomic E-state index is 13.8. The van der Waals surface area contributed by atoms with Gasteiger partial charge in [0.25, 0.3) is 5.91 Å². The molecule has 4 N–H and O–H groups in total. The van der Waals surface area contributed by atoms with Crippen LogP contribution in [-0.4, -0.2) is 83.4 Å². The molecule has 0 bridgehead atoms. The lowest BCUT2D eigenvalue weighted by molar-refractivity contribution is -0.141. The van der Waals surface area contributed by atoms with Gasteiger partial charge in [-0.25, -0.2) is 8.78 Å². The SMILES string of the molecule is O=C(O)CCC(=O)N1CCN(c2ccc(C(=O)Nc3n[nH]c4ccc(Cc5cc(F)cc(F)c5)cc34)c(NC3CCOCC3)c2)CC1. The average molecular weight is 647 g/mol. The number of rotatable bonds is 10. The minimum absolute atomic E-state index is 0.0160. The lowest BCUT2D eigenvalue weighted by Gasteiger charge is -2.36. The van der Waals surface area contributed by atoms with E-state index >= 15 is 0 Å². The zero-order valence-corrected chi connectivity index (χ0v) is 25.7. The van der Waals surface area contributed by atoms with Gasteiger partial charge in [0.05, 0.1) is 17.5 Å². The number of amides is 2. The van der Waals surface area contributed by atoms with Crippen LogP contribution in [0, 0.1) is 11.6 Å². The van der Waals surface area contributed by atoms with Crippen LogP contribution >= 0.6 is 0 Å². The summed E-state index contributed by atoms with van der Waals surface area (Å²) in [6, 6.07) is 14.7. The number of ether oxygens (including phenoxy) is 1. The van der Waals surface area contributed by atoms with Crippen LogP contribution in [0.1, 0.15) is 47.2 Å². The number of hydrogen-bond acceptors (Lipinski definition) is 7. The molecule has 2 aliphatic heterocycles. The number of piperazine rings is 1. The summed E-state index contributed by atoms with van der Waals surface area (Å²) in [5, 5.41) is 23.3. The lowest BCUT2D eigenvalue weighted by Crippen LogP contribution is -2.48. The molecule has 0 spiro atoms. The average Bonchev–Trinajstić information content (AvgIpc) is 3.45. The molecular weight excluding hydrogens is 610 g/mol. The molecule has 13 heteroatoms. The highest BCUT2D eigenvalue weighted by Gasteiger charge is 2.24. The van der Waals surface area contributed by atoms with Crippen molar-refractivity contribution in [2.45, 2.75) is 38.1 Å². The Morgan fingerprint density at radius 3 is 2.38 bits per heavy atom. The van der Waals surface area contributed by atoms with Crippen LogP contribution in [-0.2, 0) is 20.7 Å². The van der Waals surface area contributed by atoms with Crippen molar-refractivity contribution in [3.8, 4) is 0 Å². The predicted molar refractivity (Wildman–Crippen MR) is 173 cm³/mol. The van der Waals surface area contributed by atoms with E-state index in [-0.39, 0.29) is 30.7 Å². The first-order valence-electron chi connectivity index (χ1n) is 15.7. The highest BCUT2D eigenvalue weighted by Crippen LogP contribution is 2.29. The summed E-state index contributed by atoms with van der Waals surface area (Å²) in [4.78, 5) is 40.9. The molecule has 3 heterocycles. The summed E-state index contributed by atoms with van der Waals surface area (Å²) in [5.74, 6) is -2.46. The molecule has 6 rings (SSSR count). The van der Waals surface area contributed by atoms with Crippen LogP contribution < -0.4 is 15.5 Å². The number of aromatic nitrogens is 2. The molecule has 2 saturated heterocycles. The van der Waals surface area contributed by atoms with E-state index in [1.54, 1.807) is 11.0 Å². The molecule has 2 amide bonds. The van der Waals surface area contributed by atoms with Crippen molar-refractivity contribution in [1.82, 2.24) is 15.1 Å². The topological polar surface area (TPSA) is 140 Å². The Morgan fingerprint density at radius 2 is 1.66 bits per heavy atom. The van der Waals surface area contributed by atoms with Gasteiger partial charge in [0.2, 0.25) is 5.91 Å². The van der Waals surface area contributed by atoms with Crippen LogP contribution in [0.25, 0.3) is 10.9 Å². The normalized spacial score (nSPS) is 15.5. The molecule has 2 aliphatic rings. The number of nitrogens with zero attached hydrogens (tertiary/aromatic N) is 3. The fourth-order valence-electron chi connectivity index (χ4n) is 6.08. The third-order valence-electron chi connectivity index (χ3n) is 8.57. The number of carboxylic acids is 1. The van der Waals surface area contributed by atoms with E-state index in [1.165, 1.54) is 12.1 Å². The van der Waals surface area contributed by atoms with Gasteiger partial charge in [-0.3, -0.25) is 19.5 Å².